The predicted molar refractivity (Wildman–Crippen MR) is 93.1 cm³/mol. The molecule has 10 heteroatoms. The first kappa shape index (κ1) is 17.9. The van der Waals surface area contributed by atoms with Crippen LogP contribution in [0.1, 0.15) is 37.7 Å². The van der Waals surface area contributed by atoms with E-state index >= 15 is 0 Å². The average Bonchev–Trinajstić information content (AvgIpc) is 3.26. The lowest BCUT2D eigenvalue weighted by Gasteiger charge is -2.29. The summed E-state index contributed by atoms with van der Waals surface area (Å²) in [5.74, 6) is 0.729. The number of hydrogen-bond acceptors (Lipinski definition) is 5. The molecule has 0 unspecified atom stereocenters. The van der Waals surface area contributed by atoms with Crippen LogP contribution >= 0.6 is 0 Å². The number of nitrogens with zero attached hydrogens (tertiary/aromatic N) is 2. The van der Waals surface area contributed by atoms with E-state index < -0.39 is 18.6 Å². The van der Waals surface area contributed by atoms with Crippen molar-refractivity contribution in [1.29, 1.82) is 0 Å². The Kier molecular flexibility index (Phi) is 4.58. The van der Waals surface area contributed by atoms with Crippen LogP contribution in [-0.2, 0) is 4.79 Å². The van der Waals surface area contributed by atoms with E-state index in [-0.39, 0.29) is 12.3 Å². The van der Waals surface area contributed by atoms with Gasteiger partial charge in [-0.2, -0.15) is 13.2 Å². The fourth-order valence-electron chi connectivity index (χ4n) is 3.98. The third kappa shape index (κ3) is 3.80. The van der Waals surface area contributed by atoms with Crippen molar-refractivity contribution < 1.29 is 18.0 Å². The van der Waals surface area contributed by atoms with Crippen LogP contribution in [0.15, 0.2) is 23.0 Å². The SMILES string of the molecule is O=C(C[C@H]1CC[C@@H](C2=C3c4cc[nH]c4N=CN3NN2)CC1)NCC(F)(F)F. The van der Waals surface area contributed by atoms with Gasteiger partial charge in [-0.1, -0.05) is 0 Å². The van der Waals surface area contributed by atoms with Crippen LogP contribution in [0.2, 0.25) is 0 Å². The monoisotopic (exact) mass is 382 g/mol. The lowest BCUT2D eigenvalue weighted by Crippen LogP contribution is -2.38. The number of halogens is 3. The molecular weight excluding hydrogens is 361 g/mol. The molecule has 1 amide bonds. The molecule has 0 atom stereocenters. The van der Waals surface area contributed by atoms with E-state index in [0.29, 0.717) is 5.92 Å². The molecule has 146 valence electrons. The van der Waals surface area contributed by atoms with Crippen molar-refractivity contribution in [3.8, 4) is 0 Å². The third-order valence-electron chi connectivity index (χ3n) is 5.30. The van der Waals surface area contributed by atoms with Crippen LogP contribution in [0.3, 0.4) is 0 Å². The molecule has 4 N–H and O–H groups in total. The van der Waals surface area contributed by atoms with Crippen molar-refractivity contribution in [2.45, 2.75) is 38.3 Å². The average molecular weight is 382 g/mol. The number of carbonyl (C=O) groups excluding carboxylic acids is 1. The maximum Gasteiger partial charge on any atom is 0.405 e. The molecule has 1 aromatic heterocycles. The zero-order valence-corrected chi connectivity index (χ0v) is 14.6. The molecule has 0 aromatic carbocycles. The molecule has 1 aliphatic carbocycles. The van der Waals surface area contributed by atoms with Gasteiger partial charge in [0.1, 0.15) is 18.7 Å². The Morgan fingerprint density at radius 3 is 2.81 bits per heavy atom. The minimum Gasteiger partial charge on any atom is -0.347 e. The normalized spacial score (nSPS) is 24.5. The Bertz CT molecular complexity index is 776. The summed E-state index contributed by atoms with van der Waals surface area (Å²) in [6.45, 7) is -1.26. The second-order valence-electron chi connectivity index (χ2n) is 7.17. The number of hydrogen-bond donors (Lipinski definition) is 4. The van der Waals surface area contributed by atoms with Gasteiger partial charge in [0.05, 0.1) is 11.4 Å². The van der Waals surface area contributed by atoms with Crippen LogP contribution < -0.4 is 16.3 Å². The quantitative estimate of drug-likeness (QED) is 0.645. The van der Waals surface area contributed by atoms with Crippen LogP contribution in [0, 0.1) is 11.8 Å². The highest BCUT2D eigenvalue weighted by molar-refractivity contribution is 5.87. The highest BCUT2D eigenvalue weighted by Crippen LogP contribution is 2.41. The van der Waals surface area contributed by atoms with Crippen LogP contribution in [0.4, 0.5) is 19.0 Å². The van der Waals surface area contributed by atoms with E-state index in [1.807, 2.05) is 22.6 Å². The van der Waals surface area contributed by atoms with E-state index in [1.165, 1.54) is 0 Å². The number of aromatic amines is 1. The number of amides is 1. The van der Waals surface area contributed by atoms with Crippen LogP contribution in [-0.4, -0.2) is 35.0 Å². The summed E-state index contributed by atoms with van der Waals surface area (Å²) in [4.78, 5) is 19.2. The fraction of sp³-hybridized carbons (Fsp3) is 0.529. The first-order chi connectivity index (χ1) is 12.9. The lowest BCUT2D eigenvalue weighted by molar-refractivity contribution is -0.139. The Morgan fingerprint density at radius 2 is 2.07 bits per heavy atom. The fourth-order valence-corrected chi connectivity index (χ4v) is 3.98. The van der Waals surface area contributed by atoms with Crippen molar-refractivity contribution >= 4 is 23.8 Å². The summed E-state index contributed by atoms with van der Waals surface area (Å²) in [6.07, 6.45) is 2.75. The van der Waals surface area contributed by atoms with E-state index in [1.54, 1.807) is 6.34 Å². The summed E-state index contributed by atoms with van der Waals surface area (Å²) in [7, 11) is 0. The number of hydrazine groups is 2. The van der Waals surface area contributed by atoms with Crippen molar-refractivity contribution in [1.82, 2.24) is 26.3 Å². The molecule has 0 bridgehead atoms. The second-order valence-corrected chi connectivity index (χ2v) is 7.17. The molecule has 4 rings (SSSR count). The first-order valence-corrected chi connectivity index (χ1v) is 9.01. The molecule has 1 aromatic rings. The molecule has 3 heterocycles. The van der Waals surface area contributed by atoms with Gasteiger partial charge in [0.25, 0.3) is 0 Å². The van der Waals surface area contributed by atoms with Gasteiger partial charge in [0, 0.05) is 24.1 Å². The van der Waals surface area contributed by atoms with Gasteiger partial charge in [-0.25, -0.2) is 10.0 Å². The second kappa shape index (κ2) is 6.91. The third-order valence-corrected chi connectivity index (χ3v) is 5.30. The molecular formula is C17H21F3N6O. The molecule has 2 aliphatic heterocycles. The van der Waals surface area contributed by atoms with E-state index in [2.05, 4.69) is 20.9 Å². The van der Waals surface area contributed by atoms with Gasteiger partial charge >= 0.3 is 6.18 Å². The predicted octanol–water partition coefficient (Wildman–Crippen LogP) is 2.56. The number of alkyl halides is 3. The minimum absolute atomic E-state index is 0.126. The standard InChI is InChI=1S/C17H21F3N6O/c18-17(19,20)8-22-13(27)7-10-1-3-11(4-2-10)14-15-12-5-6-21-16(12)23-9-26(15)25-24-14/h5-6,9-11,21,24-25H,1-4,7-8H2,(H,22,27)/t10-,11+. The summed E-state index contributed by atoms with van der Waals surface area (Å²) in [5, 5.41) is 3.81. The van der Waals surface area contributed by atoms with Crippen molar-refractivity contribution in [2.24, 2.45) is 16.8 Å². The Labute approximate surface area is 154 Å². The number of H-pyrrole nitrogens is 1. The topological polar surface area (TPSA) is 84.5 Å². The van der Waals surface area contributed by atoms with Gasteiger partial charge in [0.2, 0.25) is 5.91 Å². The zero-order valence-electron chi connectivity index (χ0n) is 14.6. The van der Waals surface area contributed by atoms with E-state index in [0.717, 1.165) is 48.5 Å². The summed E-state index contributed by atoms with van der Waals surface area (Å²) >= 11 is 0. The maximum atomic E-state index is 12.2. The van der Waals surface area contributed by atoms with E-state index in [9.17, 15) is 18.0 Å². The number of nitrogens with one attached hydrogen (secondary N) is 4. The summed E-state index contributed by atoms with van der Waals surface area (Å²) in [5.41, 5.74) is 9.50. The number of rotatable bonds is 4. The van der Waals surface area contributed by atoms with Gasteiger partial charge in [0.15, 0.2) is 0 Å². The smallest absolute Gasteiger partial charge is 0.347 e. The van der Waals surface area contributed by atoms with Gasteiger partial charge < -0.3 is 15.7 Å². The van der Waals surface area contributed by atoms with E-state index in [4.69, 9.17) is 0 Å². The Hall–Kier alpha value is -2.49. The molecule has 0 saturated heterocycles. The number of aromatic nitrogens is 1. The highest BCUT2D eigenvalue weighted by atomic mass is 19.4. The largest absolute Gasteiger partial charge is 0.405 e. The van der Waals surface area contributed by atoms with Crippen LogP contribution in [0.5, 0.6) is 0 Å². The minimum atomic E-state index is -4.37. The number of carbonyl (C=O) groups is 1. The van der Waals surface area contributed by atoms with Gasteiger partial charge in [-0.3, -0.25) is 4.79 Å². The molecule has 0 radical (unpaired) electrons. The highest BCUT2D eigenvalue weighted by Gasteiger charge is 2.34. The zero-order chi connectivity index (χ0) is 19.0. The van der Waals surface area contributed by atoms with Gasteiger partial charge in [-0.05, 0) is 37.7 Å². The number of allylic oxidation sites excluding steroid dienone is 1. The molecule has 7 nitrogen and oxygen atoms in total. The lowest BCUT2D eigenvalue weighted by atomic mass is 9.78. The molecule has 3 aliphatic rings. The Morgan fingerprint density at radius 1 is 1.30 bits per heavy atom. The Balaban J connectivity index is 1.36. The molecule has 27 heavy (non-hydrogen) atoms. The maximum absolute atomic E-state index is 12.2. The number of aliphatic imine (C=N–C) groups is 1. The molecule has 1 fully saturated rings. The van der Waals surface area contributed by atoms with Crippen molar-refractivity contribution in [3.63, 3.8) is 0 Å². The summed E-state index contributed by atoms with van der Waals surface area (Å²) < 4.78 is 36.6. The first-order valence-electron chi connectivity index (χ1n) is 9.01. The van der Waals surface area contributed by atoms with Gasteiger partial charge in [-0.15, -0.1) is 5.53 Å². The van der Waals surface area contributed by atoms with Crippen molar-refractivity contribution in [3.05, 3.63) is 23.5 Å². The molecule has 1 saturated carbocycles. The number of fused-ring (bicyclic) bond motifs is 3. The summed E-state index contributed by atoms with van der Waals surface area (Å²) in [6, 6.07) is 1.99. The molecule has 0 spiro atoms. The van der Waals surface area contributed by atoms with Crippen molar-refractivity contribution in [2.75, 3.05) is 6.54 Å². The van der Waals surface area contributed by atoms with Crippen LogP contribution in [0.25, 0.3) is 5.70 Å².